The second-order valence-electron chi connectivity index (χ2n) is 9.47. The minimum absolute atomic E-state index is 0.576. The summed E-state index contributed by atoms with van der Waals surface area (Å²) >= 11 is 0. The fraction of sp³-hybridized carbons (Fsp3) is 0.636. The van der Waals surface area contributed by atoms with Crippen molar-refractivity contribution >= 4 is 24.9 Å². The molecule has 152 valence electrons. The van der Waals surface area contributed by atoms with Crippen LogP contribution in [0.15, 0.2) is 18.6 Å². The van der Waals surface area contributed by atoms with Crippen molar-refractivity contribution in [2.45, 2.75) is 83.8 Å². The lowest BCUT2D eigenvalue weighted by molar-refractivity contribution is 0.0898. The molecule has 0 aliphatic heterocycles. The van der Waals surface area contributed by atoms with E-state index in [9.17, 15) is 0 Å². The molecule has 0 radical (unpaired) electrons. The molecule has 0 spiro atoms. The van der Waals surface area contributed by atoms with Crippen LogP contribution in [0.1, 0.15) is 56.2 Å². The quantitative estimate of drug-likeness (QED) is 0.384. The lowest BCUT2D eigenvalue weighted by Crippen LogP contribution is -2.22. The molecule has 0 amide bonds. The molecule has 1 aliphatic rings. The van der Waals surface area contributed by atoms with Crippen LogP contribution in [0.25, 0.3) is 16.8 Å². The zero-order valence-electron chi connectivity index (χ0n) is 17.9. The highest BCUT2D eigenvalue weighted by atomic mass is 28.3. The van der Waals surface area contributed by atoms with Crippen LogP contribution in [-0.2, 0) is 17.9 Å². The van der Waals surface area contributed by atoms with E-state index in [1.165, 1.54) is 54.9 Å². The highest BCUT2D eigenvalue weighted by Crippen LogP contribution is 2.34. The molecular formula is C22H34N4OSi. The fourth-order valence-electron chi connectivity index (χ4n) is 4.39. The Bertz CT molecular complexity index is 947. The first-order chi connectivity index (χ1) is 13.5. The highest BCUT2D eigenvalue weighted by molar-refractivity contribution is 6.76. The number of aryl methyl sites for hydroxylation is 1. The van der Waals surface area contributed by atoms with Gasteiger partial charge in [0.15, 0.2) is 11.3 Å². The van der Waals surface area contributed by atoms with E-state index in [1.807, 2.05) is 6.20 Å². The minimum atomic E-state index is -1.07. The van der Waals surface area contributed by atoms with Gasteiger partial charge >= 0.3 is 0 Å². The number of hydrogen-bond acceptors (Lipinski definition) is 3. The van der Waals surface area contributed by atoms with Crippen molar-refractivity contribution in [3.8, 4) is 0 Å². The number of nitrogens with zero attached hydrogens (tertiary/aromatic N) is 4. The maximum Gasteiger partial charge on any atom is 0.159 e. The summed E-state index contributed by atoms with van der Waals surface area (Å²) in [4.78, 5) is 9.47. The second kappa shape index (κ2) is 7.99. The summed E-state index contributed by atoms with van der Waals surface area (Å²) in [7, 11) is -1.07. The summed E-state index contributed by atoms with van der Waals surface area (Å²) < 4.78 is 10.6. The van der Waals surface area contributed by atoms with E-state index >= 15 is 0 Å². The van der Waals surface area contributed by atoms with E-state index in [-0.39, 0.29) is 0 Å². The number of aromatic nitrogens is 4. The SMILES string of the molecule is CCc1cn(COCC[Si](C)(C)C)c2ncc3ncc(C4CCCCC4)n3c12. The molecule has 4 rings (SSSR count). The summed E-state index contributed by atoms with van der Waals surface area (Å²) in [5.41, 5.74) is 5.92. The van der Waals surface area contributed by atoms with Crippen LogP contribution in [0.2, 0.25) is 25.7 Å². The van der Waals surface area contributed by atoms with Crippen molar-refractivity contribution in [2.24, 2.45) is 0 Å². The van der Waals surface area contributed by atoms with Crippen molar-refractivity contribution in [3.05, 3.63) is 29.8 Å². The number of rotatable bonds is 7. The third kappa shape index (κ3) is 3.89. The zero-order chi connectivity index (χ0) is 19.7. The summed E-state index contributed by atoms with van der Waals surface area (Å²) in [6, 6.07) is 1.19. The number of ether oxygens (including phenoxy) is 1. The van der Waals surface area contributed by atoms with Gasteiger partial charge in [0.1, 0.15) is 6.73 Å². The van der Waals surface area contributed by atoms with Crippen LogP contribution in [-0.4, -0.2) is 33.6 Å². The van der Waals surface area contributed by atoms with Gasteiger partial charge in [0.05, 0.1) is 11.7 Å². The maximum absolute atomic E-state index is 6.03. The van der Waals surface area contributed by atoms with Crippen molar-refractivity contribution in [1.82, 2.24) is 18.9 Å². The lowest BCUT2D eigenvalue weighted by Gasteiger charge is -2.21. The van der Waals surface area contributed by atoms with Crippen molar-refractivity contribution < 1.29 is 4.74 Å². The number of hydrogen-bond donors (Lipinski definition) is 0. The van der Waals surface area contributed by atoms with Gasteiger partial charge in [-0.3, -0.25) is 4.40 Å². The molecule has 28 heavy (non-hydrogen) atoms. The number of imidazole rings is 1. The van der Waals surface area contributed by atoms with Gasteiger partial charge in [-0.2, -0.15) is 0 Å². The van der Waals surface area contributed by atoms with Crippen LogP contribution < -0.4 is 0 Å². The van der Waals surface area contributed by atoms with E-state index in [2.05, 4.69) is 47.9 Å². The Morgan fingerprint density at radius 1 is 1.11 bits per heavy atom. The Labute approximate surface area is 169 Å². The molecule has 1 fully saturated rings. The Hall–Kier alpha value is -1.66. The molecule has 0 unspecified atom stereocenters. The van der Waals surface area contributed by atoms with Gasteiger partial charge in [0, 0.05) is 38.7 Å². The molecule has 5 nitrogen and oxygen atoms in total. The first kappa shape index (κ1) is 19.6. The molecular weight excluding hydrogens is 364 g/mol. The minimum Gasteiger partial charge on any atom is -0.361 e. The Kier molecular flexibility index (Phi) is 5.61. The molecule has 0 N–H and O–H groups in total. The summed E-state index contributed by atoms with van der Waals surface area (Å²) in [6.07, 6.45) is 13.8. The molecule has 3 aromatic heterocycles. The largest absolute Gasteiger partial charge is 0.361 e. The average molecular weight is 399 g/mol. The van der Waals surface area contributed by atoms with Gasteiger partial charge in [0.25, 0.3) is 0 Å². The molecule has 0 saturated heterocycles. The predicted octanol–water partition coefficient (Wildman–Crippen LogP) is 5.61. The average Bonchev–Trinajstić information content (AvgIpc) is 3.26. The van der Waals surface area contributed by atoms with Crippen LogP contribution in [0, 0.1) is 0 Å². The van der Waals surface area contributed by atoms with Gasteiger partial charge in [-0.25, -0.2) is 9.97 Å². The molecule has 0 atom stereocenters. The van der Waals surface area contributed by atoms with Crippen LogP contribution in [0.3, 0.4) is 0 Å². The third-order valence-electron chi connectivity index (χ3n) is 6.07. The topological polar surface area (TPSA) is 44.3 Å². The first-order valence-corrected chi connectivity index (χ1v) is 14.6. The van der Waals surface area contributed by atoms with Gasteiger partial charge < -0.3 is 9.30 Å². The Morgan fingerprint density at radius 2 is 1.89 bits per heavy atom. The Balaban J connectivity index is 1.69. The first-order valence-electron chi connectivity index (χ1n) is 10.9. The van der Waals surface area contributed by atoms with Gasteiger partial charge in [0.2, 0.25) is 0 Å². The fourth-order valence-corrected chi connectivity index (χ4v) is 5.14. The summed E-state index contributed by atoms with van der Waals surface area (Å²) in [5, 5.41) is 0. The second-order valence-corrected chi connectivity index (χ2v) is 15.1. The van der Waals surface area contributed by atoms with Crippen LogP contribution >= 0.6 is 0 Å². The van der Waals surface area contributed by atoms with E-state index < -0.39 is 8.07 Å². The van der Waals surface area contributed by atoms with Crippen molar-refractivity contribution in [3.63, 3.8) is 0 Å². The van der Waals surface area contributed by atoms with Gasteiger partial charge in [-0.1, -0.05) is 45.8 Å². The van der Waals surface area contributed by atoms with E-state index in [0.29, 0.717) is 12.6 Å². The van der Waals surface area contributed by atoms with E-state index in [4.69, 9.17) is 14.7 Å². The van der Waals surface area contributed by atoms with Gasteiger partial charge in [-0.15, -0.1) is 0 Å². The summed E-state index contributed by atoms with van der Waals surface area (Å²) in [6.45, 7) is 10.8. The maximum atomic E-state index is 6.03. The number of fused-ring (bicyclic) bond motifs is 3. The molecule has 1 saturated carbocycles. The Morgan fingerprint density at radius 3 is 2.61 bits per heavy atom. The highest BCUT2D eigenvalue weighted by Gasteiger charge is 2.22. The molecule has 6 heteroatoms. The lowest BCUT2D eigenvalue weighted by atomic mass is 9.87. The third-order valence-corrected chi connectivity index (χ3v) is 7.78. The molecule has 1 aliphatic carbocycles. The van der Waals surface area contributed by atoms with Gasteiger partial charge in [-0.05, 0) is 30.9 Å². The smallest absolute Gasteiger partial charge is 0.159 e. The molecule has 3 heterocycles. The molecule has 0 bridgehead atoms. The van der Waals surface area contributed by atoms with E-state index in [0.717, 1.165) is 24.3 Å². The van der Waals surface area contributed by atoms with E-state index in [1.54, 1.807) is 0 Å². The zero-order valence-corrected chi connectivity index (χ0v) is 18.9. The molecule has 0 aromatic carbocycles. The van der Waals surface area contributed by atoms with Crippen LogP contribution in [0.4, 0.5) is 0 Å². The summed E-state index contributed by atoms with van der Waals surface area (Å²) in [5.74, 6) is 0.621. The van der Waals surface area contributed by atoms with Crippen molar-refractivity contribution in [2.75, 3.05) is 6.61 Å². The predicted molar refractivity (Wildman–Crippen MR) is 118 cm³/mol. The standard InChI is InChI=1S/C22H34N4OSi/c1-5-17-15-25(16-27-11-12-28(2,3)4)22-21(17)26-19(13-23-20(26)14-24-22)18-9-7-6-8-10-18/h13-15,18H,5-12,16H2,1-4H3. The van der Waals surface area contributed by atoms with Crippen LogP contribution in [0.5, 0.6) is 0 Å². The normalized spacial score (nSPS) is 16.4. The van der Waals surface area contributed by atoms with Crippen molar-refractivity contribution in [1.29, 1.82) is 0 Å². The monoisotopic (exact) mass is 398 g/mol. The molecule has 3 aromatic rings.